The van der Waals surface area contributed by atoms with Gasteiger partial charge >= 0.3 is 0 Å². The zero-order valence-electron chi connectivity index (χ0n) is 10.4. The Labute approximate surface area is 102 Å². The van der Waals surface area contributed by atoms with Gasteiger partial charge in [-0.25, -0.2) is 0 Å². The van der Waals surface area contributed by atoms with Gasteiger partial charge in [0.15, 0.2) is 0 Å². The summed E-state index contributed by atoms with van der Waals surface area (Å²) in [5.41, 5.74) is 2.44. The summed E-state index contributed by atoms with van der Waals surface area (Å²) in [6.45, 7) is 6.61. The van der Waals surface area contributed by atoms with Crippen molar-refractivity contribution in [3.05, 3.63) is 23.3 Å². The van der Waals surface area contributed by atoms with Gasteiger partial charge in [-0.05, 0) is 36.1 Å². The molecule has 16 heavy (non-hydrogen) atoms. The molecular weight excluding hydrogens is 220 g/mol. The molecule has 0 amide bonds. The monoisotopic (exact) mass is 240 g/mol. The van der Waals surface area contributed by atoms with Crippen molar-refractivity contribution in [2.24, 2.45) is 0 Å². The summed E-state index contributed by atoms with van der Waals surface area (Å²) < 4.78 is 5.39. The second kappa shape index (κ2) is 6.16. The molecule has 0 unspecified atom stereocenters. The maximum Gasteiger partial charge on any atom is 0.122 e. The number of thioether (sulfide) groups is 1. The van der Waals surface area contributed by atoms with Crippen LogP contribution in [-0.4, -0.2) is 24.6 Å². The predicted octanol–water partition coefficient (Wildman–Crippen LogP) is 3.21. The summed E-state index contributed by atoms with van der Waals surface area (Å²) in [6, 6.07) is 4.26. The van der Waals surface area contributed by atoms with E-state index in [2.05, 4.69) is 32.9 Å². The van der Waals surface area contributed by atoms with Crippen molar-refractivity contribution < 1.29 is 9.84 Å². The van der Waals surface area contributed by atoms with Crippen LogP contribution in [-0.2, 0) is 0 Å². The highest BCUT2D eigenvalue weighted by molar-refractivity contribution is 7.99. The quantitative estimate of drug-likeness (QED) is 0.801. The molecule has 1 N–H and O–H groups in total. The van der Waals surface area contributed by atoms with E-state index in [1.165, 1.54) is 16.0 Å². The molecule has 0 aliphatic carbocycles. The van der Waals surface area contributed by atoms with E-state index in [9.17, 15) is 0 Å². The molecule has 0 saturated carbocycles. The highest BCUT2D eigenvalue weighted by atomic mass is 32.2. The smallest absolute Gasteiger partial charge is 0.122 e. The average molecular weight is 240 g/mol. The first-order valence-electron chi connectivity index (χ1n) is 5.52. The number of rotatable bonds is 5. The first kappa shape index (κ1) is 13.4. The number of hydrogen-bond acceptors (Lipinski definition) is 3. The Balaban J connectivity index is 3.06. The minimum atomic E-state index is 0.215. The first-order valence-corrected chi connectivity index (χ1v) is 6.51. The number of aryl methyl sites for hydroxylation is 1. The highest BCUT2D eigenvalue weighted by Crippen LogP contribution is 2.33. The molecule has 0 radical (unpaired) electrons. The fraction of sp³-hybridized carbons (Fsp3) is 0.538. The van der Waals surface area contributed by atoms with Gasteiger partial charge in [0.1, 0.15) is 5.75 Å². The van der Waals surface area contributed by atoms with Crippen molar-refractivity contribution in [3.8, 4) is 5.75 Å². The Morgan fingerprint density at radius 1 is 1.38 bits per heavy atom. The Bertz CT molecular complexity index is 348. The summed E-state index contributed by atoms with van der Waals surface area (Å²) in [5.74, 6) is 2.15. The van der Waals surface area contributed by atoms with Crippen LogP contribution in [0.2, 0.25) is 0 Å². The minimum absolute atomic E-state index is 0.215. The standard InChI is InChI=1S/C13H20O2S/c1-9(2)11-8-13(16-6-5-14)10(3)7-12(11)15-4/h7-9,14H,5-6H2,1-4H3. The van der Waals surface area contributed by atoms with Gasteiger partial charge in [-0.15, -0.1) is 11.8 Å². The van der Waals surface area contributed by atoms with Crippen LogP contribution < -0.4 is 4.74 Å². The second-order valence-electron chi connectivity index (χ2n) is 4.09. The maximum atomic E-state index is 8.85. The molecule has 1 rings (SSSR count). The van der Waals surface area contributed by atoms with Gasteiger partial charge < -0.3 is 9.84 Å². The number of aliphatic hydroxyl groups is 1. The van der Waals surface area contributed by atoms with Gasteiger partial charge in [0.2, 0.25) is 0 Å². The van der Waals surface area contributed by atoms with Gasteiger partial charge in [0, 0.05) is 10.6 Å². The van der Waals surface area contributed by atoms with Crippen molar-refractivity contribution in [2.45, 2.75) is 31.6 Å². The third-order valence-electron chi connectivity index (χ3n) is 2.50. The summed E-state index contributed by atoms with van der Waals surface area (Å²) >= 11 is 1.69. The Morgan fingerprint density at radius 2 is 2.06 bits per heavy atom. The summed E-state index contributed by atoms with van der Waals surface area (Å²) in [5, 5.41) is 8.85. The lowest BCUT2D eigenvalue weighted by Crippen LogP contribution is -1.97. The molecule has 3 heteroatoms. The number of aliphatic hydroxyl groups excluding tert-OH is 1. The highest BCUT2D eigenvalue weighted by Gasteiger charge is 2.11. The van der Waals surface area contributed by atoms with Gasteiger partial charge in [0.25, 0.3) is 0 Å². The van der Waals surface area contributed by atoms with E-state index in [-0.39, 0.29) is 6.61 Å². The maximum absolute atomic E-state index is 8.85. The van der Waals surface area contributed by atoms with E-state index in [0.29, 0.717) is 5.92 Å². The lowest BCUT2D eigenvalue weighted by Gasteiger charge is -2.15. The predicted molar refractivity (Wildman–Crippen MR) is 69.6 cm³/mol. The molecule has 1 aromatic carbocycles. The van der Waals surface area contributed by atoms with Crippen LogP contribution in [0.25, 0.3) is 0 Å². The molecule has 0 aromatic heterocycles. The summed E-state index contributed by atoms with van der Waals surface area (Å²) in [4.78, 5) is 1.23. The Kier molecular flexibility index (Phi) is 5.16. The third-order valence-corrected chi connectivity index (χ3v) is 3.64. The van der Waals surface area contributed by atoms with Crippen molar-refractivity contribution in [2.75, 3.05) is 19.5 Å². The molecule has 1 aromatic rings. The largest absolute Gasteiger partial charge is 0.496 e. The molecule has 0 atom stereocenters. The van der Waals surface area contributed by atoms with E-state index in [4.69, 9.17) is 9.84 Å². The molecule has 0 aliphatic heterocycles. The number of ether oxygens (including phenoxy) is 1. The summed E-state index contributed by atoms with van der Waals surface area (Å²) in [6.07, 6.45) is 0. The van der Waals surface area contributed by atoms with Gasteiger partial charge in [-0.3, -0.25) is 0 Å². The topological polar surface area (TPSA) is 29.5 Å². The molecule has 0 heterocycles. The molecule has 0 fully saturated rings. The van der Waals surface area contributed by atoms with E-state index in [1.54, 1.807) is 18.9 Å². The first-order chi connectivity index (χ1) is 7.60. The van der Waals surface area contributed by atoms with Gasteiger partial charge in [-0.2, -0.15) is 0 Å². The van der Waals surface area contributed by atoms with Crippen LogP contribution in [0.3, 0.4) is 0 Å². The van der Waals surface area contributed by atoms with Gasteiger partial charge in [-0.1, -0.05) is 13.8 Å². The molecule has 90 valence electrons. The van der Waals surface area contributed by atoms with E-state index in [0.717, 1.165) is 11.5 Å². The van der Waals surface area contributed by atoms with Crippen molar-refractivity contribution in [3.63, 3.8) is 0 Å². The number of benzene rings is 1. The normalized spacial score (nSPS) is 10.9. The third kappa shape index (κ3) is 3.16. The van der Waals surface area contributed by atoms with Crippen LogP contribution >= 0.6 is 11.8 Å². The number of methoxy groups -OCH3 is 1. The van der Waals surface area contributed by atoms with Crippen molar-refractivity contribution >= 4 is 11.8 Å². The van der Waals surface area contributed by atoms with E-state index < -0.39 is 0 Å². The van der Waals surface area contributed by atoms with Crippen LogP contribution in [0.4, 0.5) is 0 Å². The second-order valence-corrected chi connectivity index (χ2v) is 5.22. The van der Waals surface area contributed by atoms with E-state index >= 15 is 0 Å². The fourth-order valence-electron chi connectivity index (χ4n) is 1.62. The van der Waals surface area contributed by atoms with Crippen molar-refractivity contribution in [1.29, 1.82) is 0 Å². The zero-order valence-corrected chi connectivity index (χ0v) is 11.2. The zero-order chi connectivity index (χ0) is 12.1. The minimum Gasteiger partial charge on any atom is -0.496 e. The van der Waals surface area contributed by atoms with Gasteiger partial charge in [0.05, 0.1) is 13.7 Å². The number of hydrogen-bond donors (Lipinski definition) is 1. The van der Waals surface area contributed by atoms with Crippen LogP contribution in [0, 0.1) is 6.92 Å². The lowest BCUT2D eigenvalue weighted by atomic mass is 10.0. The Morgan fingerprint density at radius 3 is 2.56 bits per heavy atom. The molecule has 0 bridgehead atoms. The molecule has 2 nitrogen and oxygen atoms in total. The SMILES string of the molecule is COc1cc(C)c(SCCO)cc1C(C)C. The molecule has 0 aliphatic rings. The molecule has 0 saturated heterocycles. The molecular formula is C13H20O2S. The lowest BCUT2D eigenvalue weighted by molar-refractivity contribution is 0.322. The van der Waals surface area contributed by atoms with Crippen LogP contribution in [0.5, 0.6) is 5.75 Å². The fourth-order valence-corrected chi connectivity index (χ4v) is 2.42. The Hall–Kier alpha value is -0.670. The van der Waals surface area contributed by atoms with Crippen LogP contribution in [0.1, 0.15) is 30.9 Å². The average Bonchev–Trinajstić information content (AvgIpc) is 2.26. The van der Waals surface area contributed by atoms with E-state index in [1.807, 2.05) is 0 Å². The van der Waals surface area contributed by atoms with Crippen LogP contribution in [0.15, 0.2) is 17.0 Å². The van der Waals surface area contributed by atoms with Crippen molar-refractivity contribution in [1.82, 2.24) is 0 Å². The summed E-state index contributed by atoms with van der Waals surface area (Å²) in [7, 11) is 1.71. The molecule has 0 spiro atoms.